The van der Waals surface area contributed by atoms with Crippen LogP contribution in [0.1, 0.15) is 136 Å². The smallest absolute Gasteiger partial charge is 0.252 e. The number of nitrogens with zero attached hydrogens (tertiary/aromatic N) is 3. The van der Waals surface area contributed by atoms with Gasteiger partial charge in [-0.3, -0.25) is 0 Å². The summed E-state index contributed by atoms with van der Waals surface area (Å²) < 4.78 is 9.29. The molecular weight excluding hydrogens is 918 g/mol. The second kappa shape index (κ2) is 15.3. The van der Waals surface area contributed by atoms with Crippen LogP contribution in [-0.2, 0) is 34.1 Å². The number of aryl methyl sites for hydroxylation is 2. The van der Waals surface area contributed by atoms with Gasteiger partial charge in [0.25, 0.3) is 6.71 Å². The van der Waals surface area contributed by atoms with Gasteiger partial charge in [0.2, 0.25) is 5.69 Å². The van der Waals surface area contributed by atoms with Gasteiger partial charge in [-0.25, -0.2) is 4.57 Å². The normalized spacial score (nSPS) is 15.3. The Balaban J connectivity index is 1.15. The second-order valence-corrected chi connectivity index (χ2v) is 27.8. The number of fused-ring (bicyclic) bond motifs is 11. The molecule has 6 heteroatoms. The second-order valence-electron chi connectivity index (χ2n) is 26.7. The zero-order valence-electron chi connectivity index (χ0n) is 46.4. The van der Waals surface area contributed by atoms with E-state index in [-0.39, 0.29) is 33.8 Å². The van der Waals surface area contributed by atoms with Crippen molar-refractivity contribution in [2.45, 2.75) is 141 Å². The van der Waals surface area contributed by atoms with E-state index in [2.05, 4.69) is 253 Å². The molecule has 7 aromatic carbocycles. The molecule has 0 fully saturated rings. The number of hydrogen-bond donors (Lipinski definition) is 0. The van der Waals surface area contributed by atoms with Crippen molar-refractivity contribution in [2.24, 2.45) is 7.05 Å². The highest BCUT2D eigenvalue weighted by Gasteiger charge is 2.51. The minimum Gasteiger partial charge on any atom is -0.455 e. The Morgan fingerprint density at radius 3 is 1.77 bits per heavy atom. The van der Waals surface area contributed by atoms with Crippen molar-refractivity contribution >= 4 is 90.9 Å². The van der Waals surface area contributed by atoms with Crippen molar-refractivity contribution in [3.8, 4) is 22.4 Å². The zero-order chi connectivity index (χ0) is 52.1. The van der Waals surface area contributed by atoms with Gasteiger partial charge >= 0.3 is 0 Å². The third kappa shape index (κ3) is 6.78. The molecule has 0 saturated heterocycles. The molecule has 0 spiro atoms. The van der Waals surface area contributed by atoms with Crippen LogP contribution in [-0.4, -0.2) is 6.71 Å². The summed E-state index contributed by atoms with van der Waals surface area (Å²) in [5.41, 5.74) is 27.2. The summed E-state index contributed by atoms with van der Waals surface area (Å²) in [4.78, 5) is 7.99. The van der Waals surface area contributed by atoms with Gasteiger partial charge in [-0.15, -0.1) is 0 Å². The van der Waals surface area contributed by atoms with Crippen LogP contribution in [0.5, 0.6) is 0 Å². The molecule has 13 rings (SSSR count). The van der Waals surface area contributed by atoms with E-state index in [1.807, 2.05) is 11.8 Å². The Morgan fingerprint density at radius 2 is 1.11 bits per heavy atom. The highest BCUT2D eigenvalue weighted by molar-refractivity contribution is 7.99. The summed E-state index contributed by atoms with van der Waals surface area (Å²) in [5, 5.41) is 2.26. The lowest BCUT2D eigenvalue weighted by molar-refractivity contribution is -0.660. The lowest BCUT2D eigenvalue weighted by atomic mass is 9.32. The maximum absolute atomic E-state index is 7.09. The van der Waals surface area contributed by atoms with E-state index < -0.39 is 0 Å². The van der Waals surface area contributed by atoms with Crippen LogP contribution in [0.3, 0.4) is 0 Å². The van der Waals surface area contributed by atoms with Gasteiger partial charge in [-0.2, -0.15) is 0 Å². The third-order valence-electron chi connectivity index (χ3n) is 17.2. The monoisotopic (exact) mass is 987 g/mol. The van der Waals surface area contributed by atoms with Gasteiger partial charge in [0.15, 0.2) is 6.20 Å². The van der Waals surface area contributed by atoms with E-state index in [1.165, 1.54) is 105 Å². The van der Waals surface area contributed by atoms with Crippen LogP contribution in [0, 0.1) is 6.92 Å². The summed E-state index contributed by atoms with van der Waals surface area (Å²) in [5.74, 6) is 0. The molecule has 2 aromatic heterocycles. The first-order chi connectivity index (χ1) is 34.8. The van der Waals surface area contributed by atoms with Crippen LogP contribution in [0.25, 0.3) is 44.3 Å². The van der Waals surface area contributed by atoms with Crippen molar-refractivity contribution in [2.75, 3.05) is 9.80 Å². The number of benzene rings is 7. The Hall–Kier alpha value is -6.50. The van der Waals surface area contributed by atoms with Gasteiger partial charge in [0.05, 0.1) is 22.6 Å². The first-order valence-electron chi connectivity index (χ1n) is 26.8. The topological polar surface area (TPSA) is 23.5 Å². The van der Waals surface area contributed by atoms with Crippen LogP contribution >= 0.6 is 11.8 Å². The van der Waals surface area contributed by atoms with Crippen molar-refractivity contribution in [1.82, 2.24) is 0 Å². The first kappa shape index (κ1) is 47.2. The molecule has 74 heavy (non-hydrogen) atoms. The molecule has 4 aliphatic rings. The van der Waals surface area contributed by atoms with E-state index in [0.717, 1.165) is 38.8 Å². The zero-order valence-corrected chi connectivity index (χ0v) is 47.2. The molecule has 0 bridgehead atoms. The molecule has 0 radical (unpaired) electrons. The van der Waals surface area contributed by atoms with Gasteiger partial charge < -0.3 is 14.2 Å². The highest BCUT2D eigenvalue weighted by Crippen LogP contribution is 2.59. The fourth-order valence-corrected chi connectivity index (χ4v) is 13.9. The van der Waals surface area contributed by atoms with E-state index in [0.29, 0.717) is 0 Å². The minimum atomic E-state index is -0.274. The summed E-state index contributed by atoms with van der Waals surface area (Å²) in [6, 6.07) is 47.8. The Labute approximate surface area is 443 Å². The number of hydrogen-bond acceptors (Lipinski definition) is 4. The summed E-state index contributed by atoms with van der Waals surface area (Å²) in [6.45, 7) is 35.5. The van der Waals surface area contributed by atoms with Gasteiger partial charge in [0.1, 0.15) is 18.2 Å². The lowest BCUT2D eigenvalue weighted by Gasteiger charge is -2.51. The molecule has 0 saturated carbocycles. The molecule has 0 amide bonds. The van der Waals surface area contributed by atoms with Crippen LogP contribution in [0.4, 0.5) is 34.1 Å². The first-order valence-corrected chi connectivity index (χ1v) is 27.6. The van der Waals surface area contributed by atoms with Crippen molar-refractivity contribution in [1.29, 1.82) is 0 Å². The lowest BCUT2D eigenvalue weighted by Crippen LogP contribution is -2.63. The van der Waals surface area contributed by atoms with Crippen LogP contribution < -0.4 is 30.8 Å². The van der Waals surface area contributed by atoms with Crippen molar-refractivity contribution in [3.63, 3.8) is 0 Å². The summed E-state index contributed by atoms with van der Waals surface area (Å²) in [7, 11) is 2.12. The predicted octanol–water partition coefficient (Wildman–Crippen LogP) is 16.4. The van der Waals surface area contributed by atoms with Crippen LogP contribution in [0.2, 0.25) is 0 Å². The number of furan rings is 1. The van der Waals surface area contributed by atoms with Gasteiger partial charge in [0, 0.05) is 55.2 Å². The molecule has 0 N–H and O–H groups in total. The molecule has 4 nitrogen and oxygen atoms in total. The number of aromatic nitrogens is 1. The fraction of sp³-hybridized carbons (Fsp3) is 0.309. The largest absolute Gasteiger partial charge is 0.455 e. The maximum atomic E-state index is 7.09. The third-order valence-corrected chi connectivity index (χ3v) is 18.3. The Morgan fingerprint density at radius 1 is 0.527 bits per heavy atom. The number of rotatable bonds is 2. The molecule has 9 aromatic rings. The summed E-state index contributed by atoms with van der Waals surface area (Å²) >= 11 is 1.96. The highest BCUT2D eigenvalue weighted by atomic mass is 32.2. The number of anilines is 6. The van der Waals surface area contributed by atoms with E-state index in [9.17, 15) is 0 Å². The average Bonchev–Trinajstić information content (AvgIpc) is 3.70. The van der Waals surface area contributed by atoms with E-state index >= 15 is 0 Å². The molecule has 0 atom stereocenters. The van der Waals surface area contributed by atoms with Crippen molar-refractivity contribution in [3.05, 3.63) is 166 Å². The molecule has 0 aliphatic carbocycles. The van der Waals surface area contributed by atoms with Gasteiger partial charge in [-0.1, -0.05) is 163 Å². The molecule has 370 valence electrons. The molecular formula is C68H69BN3OS+. The Bertz CT molecular complexity index is 3940. The van der Waals surface area contributed by atoms with Crippen LogP contribution in [0.15, 0.2) is 142 Å². The quantitative estimate of drug-likeness (QED) is 0.127. The standard InChI is InChI=1S/C68H69BN3OS/c1-38-20-24-46-45-25-21-39(31-56(45)73-63(46)59(38)53-19-17-18-28-70(53)16)40-29-54-60-55(30-40)72-52-27-23-42(65(5,6)7)36-57(52)74-58-37-44(67(11,12)13)35-50(62(58)72)69(60)49-34-43(66(8,9)10)33-48-61(49)71(54)51-26-22-41(64(2,3)4)32-47(51)68(48,14)15/h17-37H,1-16H3/q+1. The maximum Gasteiger partial charge on any atom is 0.252 e. The molecule has 4 aliphatic heterocycles. The molecule has 6 heterocycles. The predicted molar refractivity (Wildman–Crippen MR) is 316 cm³/mol. The number of pyridine rings is 1. The van der Waals surface area contributed by atoms with E-state index in [1.54, 1.807) is 0 Å². The summed E-state index contributed by atoms with van der Waals surface area (Å²) in [6.07, 6.45) is 2.12. The fourth-order valence-electron chi connectivity index (χ4n) is 12.7. The average molecular weight is 987 g/mol. The Kier molecular flexibility index (Phi) is 9.78. The van der Waals surface area contributed by atoms with E-state index in [4.69, 9.17) is 4.42 Å². The SMILES string of the molecule is Cc1ccc2c(oc3cc(-c4cc5c6c(c4)N4c7ccc(C(C)(C)C)cc7C(C)(C)c7cc(C(C)(C)C)cc(c74)B6c4cc(C(C)(C)C)cc6c4N5c4ccc(C(C)(C)C)cc4S6)ccc32)c1-c1cccc[n+]1C. The molecule has 0 unspecified atom stereocenters. The van der Waals surface area contributed by atoms with Crippen molar-refractivity contribution < 1.29 is 8.98 Å². The minimum absolute atomic E-state index is 0.00233. The van der Waals surface area contributed by atoms with Gasteiger partial charge in [-0.05, 0) is 150 Å².